The van der Waals surface area contributed by atoms with Gasteiger partial charge < -0.3 is 5.32 Å². The number of hydrogen-bond acceptors (Lipinski definition) is 2. The lowest BCUT2D eigenvalue weighted by atomic mass is 10.1. The van der Waals surface area contributed by atoms with Crippen LogP contribution in [0, 0.1) is 5.92 Å². The third kappa shape index (κ3) is 2.94. The van der Waals surface area contributed by atoms with Crippen molar-refractivity contribution in [3.8, 4) is 0 Å². The standard InChI is InChI=1S/C13H26N2/c1-11-5-3-7-13(11)14-8-10-15-9-4-6-12(15)2/h11-14H,3-10H2,1-2H3. The molecule has 2 rings (SSSR count). The number of rotatable bonds is 4. The molecule has 0 radical (unpaired) electrons. The van der Waals surface area contributed by atoms with Gasteiger partial charge >= 0.3 is 0 Å². The maximum atomic E-state index is 3.74. The summed E-state index contributed by atoms with van der Waals surface area (Å²) in [6, 6.07) is 1.63. The van der Waals surface area contributed by atoms with Gasteiger partial charge in [0.05, 0.1) is 0 Å². The molecule has 1 saturated heterocycles. The molecule has 2 heteroatoms. The number of nitrogens with one attached hydrogen (secondary N) is 1. The van der Waals surface area contributed by atoms with Gasteiger partial charge in [-0.3, -0.25) is 4.90 Å². The zero-order chi connectivity index (χ0) is 10.7. The summed E-state index contributed by atoms with van der Waals surface area (Å²) in [7, 11) is 0. The van der Waals surface area contributed by atoms with Gasteiger partial charge in [0.1, 0.15) is 0 Å². The maximum Gasteiger partial charge on any atom is 0.0110 e. The first kappa shape index (κ1) is 11.4. The predicted molar refractivity (Wildman–Crippen MR) is 65.1 cm³/mol. The molecular weight excluding hydrogens is 184 g/mol. The van der Waals surface area contributed by atoms with E-state index in [9.17, 15) is 0 Å². The monoisotopic (exact) mass is 210 g/mol. The predicted octanol–water partition coefficient (Wildman–Crippen LogP) is 2.25. The van der Waals surface area contributed by atoms with Gasteiger partial charge in [0.2, 0.25) is 0 Å². The third-order valence-corrected chi connectivity index (χ3v) is 4.36. The Morgan fingerprint density at radius 1 is 1.13 bits per heavy atom. The molecule has 1 heterocycles. The highest BCUT2D eigenvalue weighted by Crippen LogP contribution is 2.24. The van der Waals surface area contributed by atoms with E-state index in [-0.39, 0.29) is 0 Å². The van der Waals surface area contributed by atoms with Gasteiger partial charge in [-0.25, -0.2) is 0 Å². The maximum absolute atomic E-state index is 3.74. The van der Waals surface area contributed by atoms with E-state index in [0.717, 1.165) is 18.0 Å². The van der Waals surface area contributed by atoms with Crippen molar-refractivity contribution in [3.63, 3.8) is 0 Å². The van der Waals surface area contributed by atoms with Gasteiger partial charge in [0.15, 0.2) is 0 Å². The van der Waals surface area contributed by atoms with Gasteiger partial charge in [0.25, 0.3) is 0 Å². The molecule has 0 bridgehead atoms. The van der Waals surface area contributed by atoms with Crippen molar-refractivity contribution in [2.75, 3.05) is 19.6 Å². The van der Waals surface area contributed by atoms with Gasteiger partial charge in [-0.05, 0) is 45.1 Å². The van der Waals surface area contributed by atoms with Crippen molar-refractivity contribution in [1.82, 2.24) is 10.2 Å². The van der Waals surface area contributed by atoms with Crippen molar-refractivity contribution in [3.05, 3.63) is 0 Å². The first-order valence-corrected chi connectivity index (χ1v) is 6.75. The van der Waals surface area contributed by atoms with Crippen LogP contribution in [-0.4, -0.2) is 36.6 Å². The average Bonchev–Trinajstić information content (AvgIpc) is 2.78. The summed E-state index contributed by atoms with van der Waals surface area (Å²) in [5, 5.41) is 3.74. The smallest absolute Gasteiger partial charge is 0.0110 e. The Kier molecular flexibility index (Phi) is 4.04. The summed E-state index contributed by atoms with van der Waals surface area (Å²) in [5.41, 5.74) is 0. The van der Waals surface area contributed by atoms with Crippen molar-refractivity contribution in [2.45, 2.75) is 58.0 Å². The molecule has 2 nitrogen and oxygen atoms in total. The quantitative estimate of drug-likeness (QED) is 0.765. The second-order valence-electron chi connectivity index (χ2n) is 5.50. The van der Waals surface area contributed by atoms with Crippen LogP contribution in [0.2, 0.25) is 0 Å². The van der Waals surface area contributed by atoms with Crippen LogP contribution in [-0.2, 0) is 0 Å². The Bertz CT molecular complexity index is 173. The molecule has 3 unspecified atom stereocenters. The molecular formula is C13H26N2. The van der Waals surface area contributed by atoms with Crippen LogP contribution in [0.1, 0.15) is 46.0 Å². The topological polar surface area (TPSA) is 15.3 Å². The molecule has 88 valence electrons. The minimum Gasteiger partial charge on any atom is -0.312 e. The minimum atomic E-state index is 0.808. The number of hydrogen-bond donors (Lipinski definition) is 1. The van der Waals surface area contributed by atoms with Gasteiger partial charge in [-0.1, -0.05) is 13.3 Å². The van der Waals surface area contributed by atoms with Gasteiger partial charge in [-0.2, -0.15) is 0 Å². The molecule has 1 aliphatic heterocycles. The first-order chi connectivity index (χ1) is 7.27. The van der Waals surface area contributed by atoms with Crippen molar-refractivity contribution < 1.29 is 0 Å². The van der Waals surface area contributed by atoms with Crippen LogP contribution >= 0.6 is 0 Å². The normalized spacial score (nSPS) is 37.6. The van der Waals surface area contributed by atoms with E-state index in [1.807, 2.05) is 0 Å². The van der Waals surface area contributed by atoms with Crippen LogP contribution in [0.4, 0.5) is 0 Å². The van der Waals surface area contributed by atoms with Crippen molar-refractivity contribution in [2.24, 2.45) is 5.92 Å². The lowest BCUT2D eigenvalue weighted by molar-refractivity contribution is 0.260. The van der Waals surface area contributed by atoms with E-state index in [1.54, 1.807) is 0 Å². The molecule has 1 N–H and O–H groups in total. The van der Waals surface area contributed by atoms with E-state index < -0.39 is 0 Å². The van der Waals surface area contributed by atoms with Crippen molar-refractivity contribution >= 4 is 0 Å². The van der Waals surface area contributed by atoms with E-state index in [4.69, 9.17) is 0 Å². The minimum absolute atomic E-state index is 0.808. The molecule has 0 aromatic carbocycles. The fourth-order valence-corrected chi connectivity index (χ4v) is 3.17. The third-order valence-electron chi connectivity index (χ3n) is 4.36. The Morgan fingerprint density at radius 2 is 2.00 bits per heavy atom. The van der Waals surface area contributed by atoms with E-state index >= 15 is 0 Å². The highest BCUT2D eigenvalue weighted by Gasteiger charge is 2.23. The summed E-state index contributed by atoms with van der Waals surface area (Å²) in [6.07, 6.45) is 7.06. The van der Waals surface area contributed by atoms with E-state index in [2.05, 4.69) is 24.1 Å². The van der Waals surface area contributed by atoms with Crippen molar-refractivity contribution in [1.29, 1.82) is 0 Å². The molecule has 1 saturated carbocycles. The largest absolute Gasteiger partial charge is 0.312 e. The van der Waals surface area contributed by atoms with Crippen LogP contribution in [0.15, 0.2) is 0 Å². The molecule has 2 fully saturated rings. The van der Waals surface area contributed by atoms with Crippen LogP contribution in [0.5, 0.6) is 0 Å². The summed E-state index contributed by atoms with van der Waals surface area (Å²) >= 11 is 0. The van der Waals surface area contributed by atoms with Crippen LogP contribution < -0.4 is 5.32 Å². The second-order valence-corrected chi connectivity index (χ2v) is 5.50. The summed E-state index contributed by atoms with van der Waals surface area (Å²) in [6.45, 7) is 8.53. The summed E-state index contributed by atoms with van der Waals surface area (Å²) in [5.74, 6) is 0.904. The zero-order valence-corrected chi connectivity index (χ0v) is 10.3. The molecule has 3 atom stereocenters. The average molecular weight is 210 g/mol. The number of nitrogens with zero attached hydrogens (tertiary/aromatic N) is 1. The molecule has 1 aliphatic carbocycles. The summed E-state index contributed by atoms with van der Waals surface area (Å²) < 4.78 is 0. The number of likely N-dealkylation sites (tertiary alicyclic amines) is 1. The fraction of sp³-hybridized carbons (Fsp3) is 1.00. The summed E-state index contributed by atoms with van der Waals surface area (Å²) in [4.78, 5) is 2.63. The molecule has 0 aromatic rings. The zero-order valence-electron chi connectivity index (χ0n) is 10.3. The first-order valence-electron chi connectivity index (χ1n) is 6.75. The van der Waals surface area contributed by atoms with Crippen LogP contribution in [0.25, 0.3) is 0 Å². The van der Waals surface area contributed by atoms with Crippen LogP contribution in [0.3, 0.4) is 0 Å². The van der Waals surface area contributed by atoms with Gasteiger partial charge in [0, 0.05) is 25.2 Å². The second kappa shape index (κ2) is 5.31. The fourth-order valence-electron chi connectivity index (χ4n) is 3.17. The highest BCUT2D eigenvalue weighted by atomic mass is 15.2. The molecule has 15 heavy (non-hydrogen) atoms. The molecule has 0 spiro atoms. The molecule has 0 aromatic heterocycles. The molecule has 0 amide bonds. The SMILES string of the molecule is CC1CCCC1NCCN1CCCC1C. The Morgan fingerprint density at radius 3 is 2.60 bits per heavy atom. The Hall–Kier alpha value is -0.0800. The van der Waals surface area contributed by atoms with E-state index in [1.165, 1.54) is 51.7 Å². The Labute approximate surface area is 94.4 Å². The van der Waals surface area contributed by atoms with E-state index in [0.29, 0.717) is 0 Å². The van der Waals surface area contributed by atoms with Gasteiger partial charge in [-0.15, -0.1) is 0 Å². The molecule has 2 aliphatic rings. The highest BCUT2D eigenvalue weighted by molar-refractivity contribution is 4.81. The Balaban J connectivity index is 1.62. The lowest BCUT2D eigenvalue weighted by Gasteiger charge is -2.23. The lowest BCUT2D eigenvalue weighted by Crippen LogP contribution is -2.39.